The topological polar surface area (TPSA) is 72.4 Å². The lowest BCUT2D eigenvalue weighted by Gasteiger charge is -2.03. The van der Waals surface area contributed by atoms with Crippen molar-refractivity contribution in [2.75, 3.05) is 13.1 Å². The number of rotatable bonds is 3. The maximum absolute atomic E-state index is 11.9. The summed E-state index contributed by atoms with van der Waals surface area (Å²) in [4.78, 5) is 16.2. The van der Waals surface area contributed by atoms with Gasteiger partial charge in [0.15, 0.2) is 0 Å². The van der Waals surface area contributed by atoms with Gasteiger partial charge in [-0.15, -0.1) is 0 Å². The number of amides is 1. The van der Waals surface area contributed by atoms with Gasteiger partial charge in [0, 0.05) is 19.3 Å². The molecule has 0 spiro atoms. The lowest BCUT2D eigenvalue weighted by atomic mass is 10.3. The highest BCUT2D eigenvalue weighted by atomic mass is 16.1. The molecule has 5 nitrogen and oxygen atoms in total. The van der Waals surface area contributed by atoms with Crippen LogP contribution in [-0.2, 0) is 0 Å². The van der Waals surface area contributed by atoms with Crippen molar-refractivity contribution < 1.29 is 4.79 Å². The Morgan fingerprint density at radius 3 is 3.12 bits per heavy atom. The van der Waals surface area contributed by atoms with Crippen LogP contribution in [0.4, 0.5) is 0 Å². The molecule has 0 fully saturated rings. The molecular formula is C11H14N4O. The molecule has 0 aliphatic heterocycles. The zero-order chi connectivity index (χ0) is 11.5. The fourth-order valence-corrected chi connectivity index (χ4v) is 1.66. The molecule has 1 amide bonds. The van der Waals surface area contributed by atoms with Crippen LogP contribution >= 0.6 is 0 Å². The summed E-state index contributed by atoms with van der Waals surface area (Å²) in [5, 5.41) is 2.74. The molecular weight excluding hydrogens is 204 g/mol. The number of nitrogens with two attached hydrogens (primary N) is 1. The average Bonchev–Trinajstić information content (AvgIpc) is 2.62. The quantitative estimate of drug-likeness (QED) is 0.779. The van der Waals surface area contributed by atoms with Crippen molar-refractivity contribution >= 4 is 11.6 Å². The number of pyridine rings is 1. The van der Waals surface area contributed by atoms with Crippen molar-refractivity contribution in [3.05, 3.63) is 35.8 Å². The number of hydrogen-bond acceptors (Lipinski definition) is 3. The number of aromatic nitrogens is 2. The minimum absolute atomic E-state index is 0.137. The number of carbonyl (C=O) groups excluding carboxylic acids is 1. The van der Waals surface area contributed by atoms with E-state index in [9.17, 15) is 4.79 Å². The van der Waals surface area contributed by atoms with Gasteiger partial charge in [0.25, 0.3) is 5.91 Å². The maximum Gasteiger partial charge on any atom is 0.270 e. The van der Waals surface area contributed by atoms with Crippen LogP contribution in [0.15, 0.2) is 24.4 Å². The summed E-state index contributed by atoms with van der Waals surface area (Å²) in [5.41, 5.74) is 7.42. The lowest BCUT2D eigenvalue weighted by Crippen LogP contribution is -2.30. The first kappa shape index (κ1) is 10.6. The molecule has 2 aromatic rings. The molecule has 2 rings (SSSR count). The Morgan fingerprint density at radius 2 is 2.38 bits per heavy atom. The van der Waals surface area contributed by atoms with Crippen molar-refractivity contribution in [1.82, 2.24) is 14.7 Å². The first-order valence-electron chi connectivity index (χ1n) is 5.16. The van der Waals surface area contributed by atoms with E-state index in [1.165, 1.54) is 0 Å². The number of nitrogens with one attached hydrogen (secondary N) is 1. The Hall–Kier alpha value is -1.88. The zero-order valence-corrected chi connectivity index (χ0v) is 9.10. The van der Waals surface area contributed by atoms with E-state index < -0.39 is 0 Å². The van der Waals surface area contributed by atoms with Gasteiger partial charge >= 0.3 is 0 Å². The van der Waals surface area contributed by atoms with Crippen molar-refractivity contribution in [1.29, 1.82) is 0 Å². The van der Waals surface area contributed by atoms with Crippen LogP contribution in [0.2, 0.25) is 0 Å². The molecule has 0 atom stereocenters. The Balaban J connectivity index is 2.43. The summed E-state index contributed by atoms with van der Waals surface area (Å²) in [7, 11) is 0. The summed E-state index contributed by atoms with van der Waals surface area (Å²) in [6.07, 6.45) is 1.83. The molecule has 0 saturated carbocycles. The van der Waals surface area contributed by atoms with E-state index in [1.807, 2.05) is 31.3 Å². The number of carbonyl (C=O) groups is 1. The second-order valence-electron chi connectivity index (χ2n) is 3.52. The van der Waals surface area contributed by atoms with Gasteiger partial charge in [-0.05, 0) is 19.1 Å². The summed E-state index contributed by atoms with van der Waals surface area (Å²) < 4.78 is 1.78. The van der Waals surface area contributed by atoms with E-state index in [1.54, 1.807) is 4.40 Å². The number of fused-ring (bicyclic) bond motifs is 1. The third-order valence-corrected chi connectivity index (χ3v) is 2.35. The fourth-order valence-electron chi connectivity index (χ4n) is 1.66. The minimum atomic E-state index is -0.137. The van der Waals surface area contributed by atoms with Crippen LogP contribution < -0.4 is 11.1 Å². The smallest absolute Gasteiger partial charge is 0.270 e. The minimum Gasteiger partial charge on any atom is -0.349 e. The highest BCUT2D eigenvalue weighted by Gasteiger charge is 2.15. The van der Waals surface area contributed by atoms with Gasteiger partial charge in [-0.25, -0.2) is 4.98 Å². The Kier molecular flexibility index (Phi) is 2.87. The first-order valence-corrected chi connectivity index (χ1v) is 5.16. The normalized spacial score (nSPS) is 10.6. The molecule has 3 N–H and O–H groups in total. The van der Waals surface area contributed by atoms with Gasteiger partial charge in [0.05, 0.1) is 5.69 Å². The van der Waals surface area contributed by atoms with Gasteiger partial charge < -0.3 is 11.1 Å². The summed E-state index contributed by atoms with van der Waals surface area (Å²) in [6.45, 7) is 2.73. The van der Waals surface area contributed by atoms with Crippen molar-refractivity contribution in [3.8, 4) is 0 Å². The highest BCUT2D eigenvalue weighted by Crippen LogP contribution is 2.11. The predicted molar refractivity (Wildman–Crippen MR) is 61.3 cm³/mol. The van der Waals surface area contributed by atoms with Gasteiger partial charge in [-0.3, -0.25) is 9.20 Å². The van der Waals surface area contributed by atoms with Gasteiger partial charge in [-0.1, -0.05) is 6.07 Å². The van der Waals surface area contributed by atoms with Crippen LogP contribution in [-0.4, -0.2) is 28.4 Å². The molecule has 0 bridgehead atoms. The molecule has 0 saturated heterocycles. The molecule has 0 radical (unpaired) electrons. The monoisotopic (exact) mass is 218 g/mol. The number of imidazole rings is 1. The van der Waals surface area contributed by atoms with E-state index in [0.29, 0.717) is 18.8 Å². The largest absolute Gasteiger partial charge is 0.349 e. The van der Waals surface area contributed by atoms with Crippen LogP contribution in [0.25, 0.3) is 5.65 Å². The Labute approximate surface area is 93.3 Å². The average molecular weight is 218 g/mol. The molecule has 0 aromatic carbocycles. The fraction of sp³-hybridized carbons (Fsp3) is 0.273. The van der Waals surface area contributed by atoms with Crippen LogP contribution in [0.1, 0.15) is 16.2 Å². The number of aryl methyl sites for hydroxylation is 1. The molecule has 84 valence electrons. The van der Waals surface area contributed by atoms with E-state index in [-0.39, 0.29) is 5.91 Å². The lowest BCUT2D eigenvalue weighted by molar-refractivity contribution is 0.0948. The van der Waals surface area contributed by atoms with Crippen LogP contribution in [0.3, 0.4) is 0 Å². The third kappa shape index (κ3) is 1.77. The number of nitrogens with zero attached hydrogens (tertiary/aromatic N) is 2. The molecule has 5 heteroatoms. The molecule has 2 heterocycles. The molecule has 0 aliphatic carbocycles. The van der Waals surface area contributed by atoms with E-state index >= 15 is 0 Å². The second-order valence-corrected chi connectivity index (χ2v) is 3.52. The van der Waals surface area contributed by atoms with Crippen molar-refractivity contribution in [3.63, 3.8) is 0 Å². The van der Waals surface area contributed by atoms with Crippen LogP contribution in [0, 0.1) is 6.92 Å². The molecule has 0 unspecified atom stereocenters. The zero-order valence-electron chi connectivity index (χ0n) is 9.10. The highest BCUT2D eigenvalue weighted by molar-refractivity contribution is 5.94. The molecule has 2 aromatic heterocycles. The van der Waals surface area contributed by atoms with Crippen molar-refractivity contribution in [2.24, 2.45) is 5.73 Å². The van der Waals surface area contributed by atoms with E-state index in [2.05, 4.69) is 10.3 Å². The van der Waals surface area contributed by atoms with E-state index in [0.717, 1.165) is 11.3 Å². The number of hydrogen-bond donors (Lipinski definition) is 2. The summed E-state index contributed by atoms with van der Waals surface area (Å²) in [6, 6.07) is 5.63. The third-order valence-electron chi connectivity index (χ3n) is 2.35. The van der Waals surface area contributed by atoms with Gasteiger partial charge in [0.1, 0.15) is 11.3 Å². The molecule has 0 aliphatic rings. The standard InChI is InChI=1S/C11H14N4O/c1-8-10(11(16)13-6-5-12)15-7-3-2-4-9(15)14-8/h2-4,7H,5-6,12H2,1H3,(H,13,16). The summed E-state index contributed by atoms with van der Waals surface area (Å²) >= 11 is 0. The Morgan fingerprint density at radius 1 is 1.56 bits per heavy atom. The summed E-state index contributed by atoms with van der Waals surface area (Å²) in [5.74, 6) is -0.137. The second kappa shape index (κ2) is 4.32. The first-order chi connectivity index (χ1) is 7.74. The maximum atomic E-state index is 11.9. The van der Waals surface area contributed by atoms with E-state index in [4.69, 9.17) is 5.73 Å². The predicted octanol–water partition coefficient (Wildman–Crippen LogP) is 0.331. The van der Waals surface area contributed by atoms with Crippen molar-refractivity contribution in [2.45, 2.75) is 6.92 Å². The molecule has 16 heavy (non-hydrogen) atoms. The van der Waals surface area contributed by atoms with Gasteiger partial charge in [-0.2, -0.15) is 0 Å². The van der Waals surface area contributed by atoms with Crippen LogP contribution in [0.5, 0.6) is 0 Å². The van der Waals surface area contributed by atoms with Gasteiger partial charge in [0.2, 0.25) is 0 Å². The SMILES string of the molecule is Cc1nc2ccccn2c1C(=O)NCCN. The Bertz CT molecular complexity index is 518.